The summed E-state index contributed by atoms with van der Waals surface area (Å²) in [5, 5.41) is 4.35. The molecule has 0 atom stereocenters. The van der Waals surface area contributed by atoms with Crippen LogP contribution in [0.4, 0.5) is 5.82 Å². The third kappa shape index (κ3) is 1.29. The number of anilines is 1. The zero-order valence-electron chi connectivity index (χ0n) is 10.3. The van der Waals surface area contributed by atoms with Crippen molar-refractivity contribution in [2.45, 2.75) is 18.8 Å². The maximum Gasteiger partial charge on any atom is 0.155 e. The minimum atomic E-state index is 0.672. The first-order chi connectivity index (χ1) is 8.78. The van der Waals surface area contributed by atoms with Crippen LogP contribution in [0.1, 0.15) is 23.8 Å². The van der Waals surface area contributed by atoms with Gasteiger partial charge in [0.05, 0.1) is 11.3 Å². The zero-order chi connectivity index (χ0) is 12.3. The molecule has 3 aromatic heterocycles. The molecule has 0 aromatic carbocycles. The quantitative estimate of drug-likeness (QED) is 0.768. The van der Waals surface area contributed by atoms with Crippen LogP contribution in [0.25, 0.3) is 21.4 Å². The molecule has 1 aliphatic carbocycles. The van der Waals surface area contributed by atoms with Crippen LogP contribution in [-0.2, 0) is 7.05 Å². The van der Waals surface area contributed by atoms with Gasteiger partial charge in [0.25, 0.3) is 0 Å². The van der Waals surface area contributed by atoms with Crippen LogP contribution in [0, 0.1) is 0 Å². The number of nitrogens with one attached hydrogen (secondary N) is 1. The highest BCUT2D eigenvalue weighted by Crippen LogP contribution is 2.44. The van der Waals surface area contributed by atoms with Gasteiger partial charge in [-0.15, -0.1) is 0 Å². The van der Waals surface area contributed by atoms with E-state index in [1.165, 1.54) is 17.8 Å². The Bertz CT molecular complexity index is 753. The predicted octanol–water partition coefficient (Wildman–Crippen LogP) is 2.50. The van der Waals surface area contributed by atoms with Gasteiger partial charge in [-0.2, -0.15) is 0 Å². The first-order valence-corrected chi connectivity index (χ1v) is 6.89. The summed E-state index contributed by atoms with van der Waals surface area (Å²) in [6, 6.07) is 0. The van der Waals surface area contributed by atoms with E-state index in [-0.39, 0.29) is 0 Å². The van der Waals surface area contributed by atoms with Crippen molar-refractivity contribution in [3.05, 3.63) is 11.3 Å². The van der Waals surface area contributed by atoms with E-state index in [1.807, 2.05) is 25.0 Å². The molecule has 3 aromatic rings. The van der Waals surface area contributed by atoms with E-state index in [0.717, 1.165) is 27.2 Å². The molecule has 1 N–H and O–H groups in total. The lowest BCUT2D eigenvalue weighted by Crippen LogP contribution is -1.95. The number of aryl methyl sites for hydroxylation is 1. The molecule has 3 heterocycles. The Morgan fingerprint density at radius 3 is 2.89 bits per heavy atom. The molecule has 0 radical (unpaired) electrons. The molecule has 1 fully saturated rings. The maximum atomic E-state index is 4.78. The summed E-state index contributed by atoms with van der Waals surface area (Å²) in [5.74, 6) is 1.51. The average Bonchev–Trinajstić information content (AvgIpc) is 3.03. The molecule has 0 amide bonds. The molecule has 0 unspecified atom stereocenters. The van der Waals surface area contributed by atoms with E-state index in [2.05, 4.69) is 15.3 Å². The molecule has 5 nitrogen and oxygen atoms in total. The minimum absolute atomic E-state index is 0.672. The Hall–Kier alpha value is -1.69. The van der Waals surface area contributed by atoms with Crippen LogP contribution in [0.3, 0.4) is 0 Å². The van der Waals surface area contributed by atoms with Gasteiger partial charge in [-0.1, -0.05) is 11.3 Å². The van der Waals surface area contributed by atoms with E-state index in [1.54, 1.807) is 11.3 Å². The van der Waals surface area contributed by atoms with E-state index < -0.39 is 0 Å². The first kappa shape index (κ1) is 10.3. The number of imidazole rings is 1. The number of thiazole rings is 1. The van der Waals surface area contributed by atoms with Gasteiger partial charge < -0.3 is 9.88 Å². The molecule has 92 valence electrons. The molecule has 18 heavy (non-hydrogen) atoms. The molecular weight excluding hydrogens is 246 g/mol. The fraction of sp³-hybridized carbons (Fsp3) is 0.417. The Balaban J connectivity index is 2.13. The lowest BCUT2D eigenvalue weighted by molar-refractivity contribution is 0.949. The number of nitrogens with zero attached hydrogens (tertiary/aromatic N) is 4. The third-order valence-corrected chi connectivity index (χ3v) is 4.50. The summed E-state index contributed by atoms with van der Waals surface area (Å²) < 4.78 is 2.02. The summed E-state index contributed by atoms with van der Waals surface area (Å²) in [5.41, 5.74) is 2.98. The van der Waals surface area contributed by atoms with E-state index >= 15 is 0 Å². The van der Waals surface area contributed by atoms with E-state index in [0.29, 0.717) is 5.92 Å². The van der Waals surface area contributed by atoms with Crippen LogP contribution in [0.5, 0.6) is 0 Å². The summed E-state index contributed by atoms with van der Waals surface area (Å²) in [6.45, 7) is 0. The smallest absolute Gasteiger partial charge is 0.155 e. The van der Waals surface area contributed by atoms with Crippen molar-refractivity contribution in [2.24, 2.45) is 7.05 Å². The molecular formula is C12H13N5S. The highest BCUT2D eigenvalue weighted by atomic mass is 32.1. The second kappa shape index (κ2) is 3.41. The predicted molar refractivity (Wildman–Crippen MR) is 73.2 cm³/mol. The van der Waals surface area contributed by atoms with Gasteiger partial charge in [-0.05, 0) is 12.8 Å². The molecule has 0 aliphatic heterocycles. The van der Waals surface area contributed by atoms with E-state index in [4.69, 9.17) is 4.98 Å². The van der Waals surface area contributed by atoms with E-state index in [9.17, 15) is 0 Å². The van der Waals surface area contributed by atoms with Crippen molar-refractivity contribution in [2.75, 3.05) is 12.4 Å². The fourth-order valence-corrected chi connectivity index (χ4v) is 3.39. The number of hydrogen-bond donors (Lipinski definition) is 1. The van der Waals surface area contributed by atoms with Gasteiger partial charge in [0.1, 0.15) is 21.4 Å². The summed E-state index contributed by atoms with van der Waals surface area (Å²) in [4.78, 5) is 14.8. The van der Waals surface area contributed by atoms with Crippen molar-refractivity contribution in [3.8, 4) is 0 Å². The first-order valence-electron chi connectivity index (χ1n) is 6.07. The van der Waals surface area contributed by atoms with Gasteiger partial charge in [-0.3, -0.25) is 0 Å². The van der Waals surface area contributed by atoms with Gasteiger partial charge in [0, 0.05) is 20.0 Å². The highest BCUT2D eigenvalue weighted by molar-refractivity contribution is 7.18. The Kier molecular flexibility index (Phi) is 1.94. The minimum Gasteiger partial charge on any atom is -0.371 e. The van der Waals surface area contributed by atoms with Gasteiger partial charge in [0.15, 0.2) is 5.82 Å². The number of fused-ring (bicyclic) bond motifs is 3. The topological polar surface area (TPSA) is 55.6 Å². The van der Waals surface area contributed by atoms with Crippen LogP contribution >= 0.6 is 11.3 Å². The molecule has 1 saturated carbocycles. The average molecular weight is 259 g/mol. The van der Waals surface area contributed by atoms with Gasteiger partial charge >= 0.3 is 0 Å². The fourth-order valence-electron chi connectivity index (χ4n) is 2.27. The number of rotatable bonds is 2. The van der Waals surface area contributed by atoms with Crippen molar-refractivity contribution in [1.82, 2.24) is 19.5 Å². The second-order valence-corrected chi connectivity index (χ2v) is 5.75. The van der Waals surface area contributed by atoms with Crippen LogP contribution in [0.2, 0.25) is 0 Å². The molecule has 1 aliphatic rings. The number of pyridine rings is 1. The van der Waals surface area contributed by atoms with Gasteiger partial charge in [0.2, 0.25) is 0 Å². The normalized spacial score (nSPS) is 15.7. The van der Waals surface area contributed by atoms with Gasteiger partial charge in [-0.25, -0.2) is 15.0 Å². The van der Waals surface area contributed by atoms with Crippen molar-refractivity contribution in [1.29, 1.82) is 0 Å². The number of aromatic nitrogens is 4. The van der Waals surface area contributed by atoms with Crippen LogP contribution < -0.4 is 5.32 Å². The standard InChI is InChI=1S/C12H13N5S/c1-13-10-7-9(17(2)5-14-7)8-12(16-10)18-11(15-8)6-3-4-6/h5-6H,3-4H2,1-2H3,(H,13,16). The molecule has 0 spiro atoms. The zero-order valence-corrected chi connectivity index (χ0v) is 11.1. The Labute approximate surface area is 108 Å². The second-order valence-electron chi connectivity index (χ2n) is 4.74. The van der Waals surface area contributed by atoms with Crippen molar-refractivity contribution >= 4 is 38.5 Å². The highest BCUT2D eigenvalue weighted by Gasteiger charge is 2.28. The summed E-state index contributed by atoms with van der Waals surface area (Å²) >= 11 is 1.72. The van der Waals surface area contributed by atoms with Crippen LogP contribution in [0.15, 0.2) is 6.33 Å². The van der Waals surface area contributed by atoms with Crippen molar-refractivity contribution < 1.29 is 0 Å². The summed E-state index contributed by atoms with van der Waals surface area (Å²) in [6.07, 6.45) is 4.36. The third-order valence-electron chi connectivity index (χ3n) is 3.39. The monoisotopic (exact) mass is 259 g/mol. The largest absolute Gasteiger partial charge is 0.371 e. The molecule has 4 rings (SSSR count). The molecule has 0 bridgehead atoms. The Morgan fingerprint density at radius 2 is 2.17 bits per heavy atom. The van der Waals surface area contributed by atoms with Crippen LogP contribution in [-0.4, -0.2) is 26.6 Å². The lowest BCUT2D eigenvalue weighted by atomic mass is 10.3. The Morgan fingerprint density at radius 1 is 1.33 bits per heavy atom. The molecule has 6 heteroatoms. The maximum absolute atomic E-state index is 4.78. The lowest BCUT2D eigenvalue weighted by Gasteiger charge is -2.01. The summed E-state index contributed by atoms with van der Waals surface area (Å²) in [7, 11) is 3.88. The number of hydrogen-bond acceptors (Lipinski definition) is 5. The molecule has 0 saturated heterocycles. The van der Waals surface area contributed by atoms with Crippen molar-refractivity contribution in [3.63, 3.8) is 0 Å². The SMILES string of the molecule is CNc1nc2sc(C3CC3)nc2c2c1ncn2C.